The predicted molar refractivity (Wildman–Crippen MR) is 83.2 cm³/mol. The summed E-state index contributed by atoms with van der Waals surface area (Å²) >= 11 is 1.35. The highest BCUT2D eigenvalue weighted by Crippen LogP contribution is 2.32. The number of carbonyl (C=O) groups is 3. The molecule has 2 heterocycles. The van der Waals surface area contributed by atoms with Gasteiger partial charge in [0.25, 0.3) is 0 Å². The average Bonchev–Trinajstić information content (AvgIpc) is 2.72. The van der Waals surface area contributed by atoms with E-state index in [2.05, 4.69) is 10.6 Å². The van der Waals surface area contributed by atoms with Gasteiger partial charge in [0.05, 0.1) is 25.8 Å². The molecule has 1 saturated heterocycles. The van der Waals surface area contributed by atoms with Gasteiger partial charge in [-0.1, -0.05) is 0 Å². The third-order valence-corrected chi connectivity index (χ3v) is 4.64. The molecule has 0 atom stereocenters. The number of methoxy groups -OCH3 is 1. The van der Waals surface area contributed by atoms with E-state index in [0.717, 1.165) is 10.4 Å². The lowest BCUT2D eigenvalue weighted by atomic mass is 10.1. The molecular weight excluding hydrogens is 306 g/mol. The minimum absolute atomic E-state index is 0.0860. The normalized spacial score (nSPS) is 15.3. The summed E-state index contributed by atoms with van der Waals surface area (Å²) in [5, 5.41) is 5.95. The monoisotopic (exact) mass is 325 g/mol. The first-order chi connectivity index (χ1) is 10.4. The lowest BCUT2D eigenvalue weighted by Gasteiger charge is -2.25. The lowest BCUT2D eigenvalue weighted by molar-refractivity contribution is -0.125. The number of ether oxygens (including phenoxy) is 1. The van der Waals surface area contributed by atoms with E-state index in [1.165, 1.54) is 18.4 Å². The van der Waals surface area contributed by atoms with Gasteiger partial charge >= 0.3 is 5.97 Å². The molecule has 1 aliphatic rings. The number of carbonyl (C=O) groups excluding carboxylic acids is 3. The summed E-state index contributed by atoms with van der Waals surface area (Å²) < 4.78 is 4.77. The maximum Gasteiger partial charge on any atom is 0.341 e. The smallest absolute Gasteiger partial charge is 0.341 e. The number of nitrogens with zero attached hydrogens (tertiary/aromatic N) is 1. The van der Waals surface area contributed by atoms with E-state index >= 15 is 0 Å². The fraction of sp³-hybridized carbons (Fsp3) is 0.500. The SMILES string of the molecule is COC(=O)c1c(NC(=O)CN2CCNC(=O)C2)sc(C)c1C. The van der Waals surface area contributed by atoms with E-state index in [4.69, 9.17) is 4.74 Å². The number of hydrogen-bond donors (Lipinski definition) is 2. The summed E-state index contributed by atoms with van der Waals surface area (Å²) in [6.07, 6.45) is 0. The second-order valence-corrected chi connectivity index (χ2v) is 6.31. The number of esters is 1. The average molecular weight is 325 g/mol. The molecule has 0 aromatic carbocycles. The largest absolute Gasteiger partial charge is 0.465 e. The Morgan fingerprint density at radius 3 is 2.77 bits per heavy atom. The Balaban J connectivity index is 2.07. The third kappa shape index (κ3) is 3.63. The number of thiophene rings is 1. The van der Waals surface area contributed by atoms with E-state index in [-0.39, 0.29) is 24.9 Å². The van der Waals surface area contributed by atoms with Crippen LogP contribution in [0, 0.1) is 13.8 Å². The van der Waals surface area contributed by atoms with Crippen molar-refractivity contribution in [1.82, 2.24) is 10.2 Å². The number of piperazine rings is 1. The molecule has 7 nitrogen and oxygen atoms in total. The molecule has 1 aromatic rings. The molecule has 0 spiro atoms. The van der Waals surface area contributed by atoms with Crippen LogP contribution in [0.1, 0.15) is 20.8 Å². The zero-order valence-corrected chi connectivity index (χ0v) is 13.6. The van der Waals surface area contributed by atoms with Crippen molar-refractivity contribution in [2.24, 2.45) is 0 Å². The maximum atomic E-state index is 12.1. The van der Waals surface area contributed by atoms with Crippen molar-refractivity contribution >= 4 is 34.1 Å². The van der Waals surface area contributed by atoms with E-state index in [9.17, 15) is 14.4 Å². The molecule has 2 N–H and O–H groups in total. The zero-order valence-electron chi connectivity index (χ0n) is 12.8. The molecule has 22 heavy (non-hydrogen) atoms. The van der Waals surface area contributed by atoms with Crippen LogP contribution in [0.2, 0.25) is 0 Å². The van der Waals surface area contributed by atoms with Gasteiger partial charge in [0.2, 0.25) is 11.8 Å². The first-order valence-corrected chi connectivity index (χ1v) is 7.71. The number of anilines is 1. The molecule has 0 bridgehead atoms. The van der Waals surface area contributed by atoms with Crippen molar-refractivity contribution in [3.8, 4) is 0 Å². The van der Waals surface area contributed by atoms with Crippen LogP contribution in [-0.4, -0.2) is 56.0 Å². The van der Waals surface area contributed by atoms with E-state index < -0.39 is 5.97 Å². The topological polar surface area (TPSA) is 87.7 Å². The van der Waals surface area contributed by atoms with Crippen molar-refractivity contribution < 1.29 is 19.1 Å². The Morgan fingerprint density at radius 1 is 1.41 bits per heavy atom. The molecule has 2 rings (SSSR count). The molecule has 0 saturated carbocycles. The first-order valence-electron chi connectivity index (χ1n) is 6.89. The van der Waals surface area contributed by atoms with Crippen molar-refractivity contribution in [3.63, 3.8) is 0 Å². The van der Waals surface area contributed by atoms with Crippen LogP contribution in [0.4, 0.5) is 5.00 Å². The molecule has 0 unspecified atom stereocenters. The maximum absolute atomic E-state index is 12.1. The van der Waals surface area contributed by atoms with Gasteiger partial charge in [-0.15, -0.1) is 11.3 Å². The van der Waals surface area contributed by atoms with E-state index in [1.54, 1.807) is 4.90 Å². The van der Waals surface area contributed by atoms with Crippen molar-refractivity contribution in [1.29, 1.82) is 0 Å². The van der Waals surface area contributed by atoms with Gasteiger partial charge < -0.3 is 15.4 Å². The second kappa shape index (κ2) is 6.89. The fourth-order valence-electron chi connectivity index (χ4n) is 2.26. The van der Waals surface area contributed by atoms with Crippen LogP contribution in [-0.2, 0) is 14.3 Å². The standard InChI is InChI=1S/C14H19N3O4S/c1-8-9(2)22-13(12(8)14(20)21-3)16-11(19)7-17-5-4-15-10(18)6-17/h4-7H2,1-3H3,(H,15,18)(H,16,19). The van der Waals surface area contributed by atoms with Crippen LogP contribution >= 0.6 is 11.3 Å². The Hall–Kier alpha value is -1.93. The molecule has 1 fully saturated rings. The molecule has 120 valence electrons. The van der Waals surface area contributed by atoms with Gasteiger partial charge in [-0.3, -0.25) is 14.5 Å². The minimum atomic E-state index is -0.463. The van der Waals surface area contributed by atoms with Crippen molar-refractivity contribution in [3.05, 3.63) is 16.0 Å². The molecule has 1 aliphatic heterocycles. The Kier molecular flexibility index (Phi) is 5.15. The summed E-state index contributed by atoms with van der Waals surface area (Å²) in [5.74, 6) is -0.798. The molecule has 0 radical (unpaired) electrons. The summed E-state index contributed by atoms with van der Waals surface area (Å²) in [5.41, 5.74) is 1.21. The summed E-state index contributed by atoms with van der Waals surface area (Å²) in [6.45, 7) is 5.20. The lowest BCUT2D eigenvalue weighted by Crippen LogP contribution is -2.49. The predicted octanol–water partition coefficient (Wildman–Crippen LogP) is 0.522. The van der Waals surface area contributed by atoms with E-state index in [1.807, 2.05) is 13.8 Å². The highest BCUT2D eigenvalue weighted by atomic mass is 32.1. The molecular formula is C14H19N3O4S. The Labute approximate surface area is 132 Å². The Morgan fingerprint density at radius 2 is 2.14 bits per heavy atom. The number of nitrogens with one attached hydrogen (secondary N) is 2. The van der Waals surface area contributed by atoms with Crippen LogP contribution in [0.25, 0.3) is 0 Å². The van der Waals surface area contributed by atoms with Crippen LogP contribution in [0.15, 0.2) is 0 Å². The van der Waals surface area contributed by atoms with Gasteiger partial charge in [0.1, 0.15) is 5.00 Å². The number of rotatable bonds is 4. The van der Waals surface area contributed by atoms with Crippen molar-refractivity contribution in [2.45, 2.75) is 13.8 Å². The van der Waals surface area contributed by atoms with Gasteiger partial charge in [0, 0.05) is 18.0 Å². The highest BCUT2D eigenvalue weighted by molar-refractivity contribution is 7.16. The van der Waals surface area contributed by atoms with Crippen LogP contribution in [0.3, 0.4) is 0 Å². The minimum Gasteiger partial charge on any atom is -0.465 e. The number of amides is 2. The molecule has 0 aliphatic carbocycles. The molecule has 1 aromatic heterocycles. The van der Waals surface area contributed by atoms with Gasteiger partial charge in [-0.2, -0.15) is 0 Å². The van der Waals surface area contributed by atoms with Gasteiger partial charge in [0.15, 0.2) is 0 Å². The zero-order chi connectivity index (χ0) is 16.3. The van der Waals surface area contributed by atoms with Crippen LogP contribution < -0.4 is 10.6 Å². The summed E-state index contributed by atoms with van der Waals surface area (Å²) in [6, 6.07) is 0. The van der Waals surface area contributed by atoms with Crippen LogP contribution in [0.5, 0.6) is 0 Å². The van der Waals surface area contributed by atoms with Crippen molar-refractivity contribution in [2.75, 3.05) is 38.6 Å². The van der Waals surface area contributed by atoms with E-state index in [0.29, 0.717) is 23.7 Å². The second-order valence-electron chi connectivity index (χ2n) is 5.09. The summed E-state index contributed by atoms with van der Waals surface area (Å²) in [4.78, 5) is 38.0. The molecule has 8 heteroatoms. The number of aryl methyl sites for hydroxylation is 1. The quantitative estimate of drug-likeness (QED) is 0.788. The third-order valence-electron chi connectivity index (χ3n) is 3.51. The molecule has 2 amide bonds. The van der Waals surface area contributed by atoms with Gasteiger partial charge in [-0.05, 0) is 19.4 Å². The van der Waals surface area contributed by atoms with Gasteiger partial charge in [-0.25, -0.2) is 4.79 Å². The highest BCUT2D eigenvalue weighted by Gasteiger charge is 2.23. The first kappa shape index (κ1) is 16.4. The fourth-order valence-corrected chi connectivity index (χ4v) is 3.32. The Bertz CT molecular complexity index is 611. The summed E-state index contributed by atoms with van der Waals surface area (Å²) in [7, 11) is 1.31. The number of hydrogen-bond acceptors (Lipinski definition) is 6.